The molecule has 0 heterocycles. The zero-order valence-corrected chi connectivity index (χ0v) is 16.1. The van der Waals surface area contributed by atoms with Gasteiger partial charge < -0.3 is 10.2 Å². The molecule has 0 bridgehead atoms. The summed E-state index contributed by atoms with van der Waals surface area (Å²) >= 11 is 12.2. The van der Waals surface area contributed by atoms with Crippen LogP contribution in [-0.4, -0.2) is 29.3 Å². The normalized spacial score (nSPS) is 11.9. The van der Waals surface area contributed by atoms with Gasteiger partial charge in [-0.1, -0.05) is 50.0 Å². The quantitative estimate of drug-likeness (QED) is 0.696. The van der Waals surface area contributed by atoms with E-state index in [1.807, 2.05) is 20.8 Å². The fraction of sp³-hybridized carbons (Fsp3) is 0.556. The second-order valence-corrected chi connectivity index (χ2v) is 6.57. The molecule has 2 amide bonds. The van der Waals surface area contributed by atoms with Gasteiger partial charge in [-0.05, 0) is 37.0 Å². The molecule has 1 rings (SSSR count). The van der Waals surface area contributed by atoms with Gasteiger partial charge in [0.15, 0.2) is 0 Å². The lowest BCUT2D eigenvalue weighted by Gasteiger charge is -2.31. The van der Waals surface area contributed by atoms with E-state index in [2.05, 4.69) is 5.32 Å². The van der Waals surface area contributed by atoms with E-state index in [0.717, 1.165) is 18.4 Å². The number of amides is 2. The number of hydrogen-bond acceptors (Lipinski definition) is 2. The molecule has 1 atom stereocenters. The molecule has 0 aliphatic rings. The molecule has 0 unspecified atom stereocenters. The summed E-state index contributed by atoms with van der Waals surface area (Å²) in [6.07, 6.45) is 2.55. The summed E-state index contributed by atoms with van der Waals surface area (Å²) in [6.45, 7) is 6.75. The predicted molar refractivity (Wildman–Crippen MR) is 99.3 cm³/mol. The largest absolute Gasteiger partial charge is 0.354 e. The summed E-state index contributed by atoms with van der Waals surface area (Å²) in [5.74, 6) is -0.157. The number of carbonyl (C=O) groups is 2. The van der Waals surface area contributed by atoms with Crippen molar-refractivity contribution in [3.8, 4) is 0 Å². The Morgan fingerprint density at radius 2 is 1.88 bits per heavy atom. The maximum atomic E-state index is 12.6. The Kier molecular flexibility index (Phi) is 9.16. The maximum absolute atomic E-state index is 12.6. The van der Waals surface area contributed by atoms with E-state index in [-0.39, 0.29) is 11.8 Å². The number of hydrogen-bond donors (Lipinski definition) is 1. The topological polar surface area (TPSA) is 49.4 Å². The average molecular weight is 373 g/mol. The number of nitrogens with zero attached hydrogens (tertiary/aromatic N) is 1. The van der Waals surface area contributed by atoms with Crippen LogP contribution in [0.5, 0.6) is 0 Å². The molecule has 4 nitrogen and oxygen atoms in total. The summed E-state index contributed by atoms with van der Waals surface area (Å²) in [7, 11) is 0. The molecule has 1 N–H and O–H groups in total. The van der Waals surface area contributed by atoms with Crippen molar-refractivity contribution in [1.29, 1.82) is 0 Å². The van der Waals surface area contributed by atoms with Gasteiger partial charge in [-0.15, -0.1) is 0 Å². The molecule has 0 aliphatic heterocycles. The highest BCUT2D eigenvalue weighted by Crippen LogP contribution is 2.24. The standard InChI is InChI=1S/C18H26Cl2N2O2/c1-4-7-17(23)22(16(6-3)18(24)21-10-5-2)12-13-8-9-14(19)11-15(13)20/h8-9,11,16H,4-7,10,12H2,1-3H3,(H,21,24)/t16-/m1/s1. The van der Waals surface area contributed by atoms with Crippen LogP contribution in [0.1, 0.15) is 52.0 Å². The van der Waals surface area contributed by atoms with Crippen LogP contribution in [0.3, 0.4) is 0 Å². The molecule has 0 fully saturated rings. The first kappa shape index (κ1) is 20.8. The lowest BCUT2D eigenvalue weighted by atomic mass is 10.1. The Hall–Kier alpha value is -1.26. The fourth-order valence-electron chi connectivity index (χ4n) is 2.48. The van der Waals surface area contributed by atoms with Crippen LogP contribution in [0.2, 0.25) is 10.0 Å². The van der Waals surface area contributed by atoms with E-state index >= 15 is 0 Å². The first-order valence-electron chi connectivity index (χ1n) is 8.45. The predicted octanol–water partition coefficient (Wildman–Crippen LogP) is 4.43. The van der Waals surface area contributed by atoms with Gasteiger partial charge in [0.1, 0.15) is 6.04 Å². The third-order valence-electron chi connectivity index (χ3n) is 3.75. The monoisotopic (exact) mass is 372 g/mol. The molecule has 1 aromatic rings. The van der Waals surface area contributed by atoms with Crippen molar-refractivity contribution >= 4 is 35.0 Å². The van der Waals surface area contributed by atoms with Gasteiger partial charge in [-0.3, -0.25) is 9.59 Å². The number of halogens is 2. The van der Waals surface area contributed by atoms with Gasteiger partial charge in [0.2, 0.25) is 11.8 Å². The van der Waals surface area contributed by atoms with Crippen LogP contribution in [-0.2, 0) is 16.1 Å². The van der Waals surface area contributed by atoms with Crippen LogP contribution in [0, 0.1) is 0 Å². The number of nitrogens with one attached hydrogen (secondary N) is 1. The molecule has 1 aromatic carbocycles. The Morgan fingerprint density at radius 3 is 2.42 bits per heavy atom. The van der Waals surface area contributed by atoms with Gasteiger partial charge >= 0.3 is 0 Å². The summed E-state index contributed by atoms with van der Waals surface area (Å²) in [4.78, 5) is 26.7. The van der Waals surface area contributed by atoms with E-state index in [1.165, 1.54) is 0 Å². The summed E-state index contributed by atoms with van der Waals surface area (Å²) < 4.78 is 0. The Labute approximate surface area is 154 Å². The highest BCUT2D eigenvalue weighted by Gasteiger charge is 2.28. The molecular formula is C18H26Cl2N2O2. The Morgan fingerprint density at radius 1 is 1.17 bits per heavy atom. The first-order valence-corrected chi connectivity index (χ1v) is 9.21. The first-order chi connectivity index (χ1) is 11.4. The lowest BCUT2D eigenvalue weighted by Crippen LogP contribution is -2.49. The van der Waals surface area contributed by atoms with E-state index in [9.17, 15) is 9.59 Å². The van der Waals surface area contributed by atoms with Gasteiger partial charge in [0.05, 0.1) is 0 Å². The number of rotatable bonds is 9. The molecule has 6 heteroatoms. The molecule has 0 aliphatic carbocycles. The molecule has 0 radical (unpaired) electrons. The van der Waals surface area contributed by atoms with Crippen LogP contribution in [0.25, 0.3) is 0 Å². The van der Waals surface area contributed by atoms with Crippen LogP contribution < -0.4 is 5.32 Å². The molecule has 0 aromatic heterocycles. The third-order valence-corrected chi connectivity index (χ3v) is 4.34. The van der Waals surface area contributed by atoms with Crippen molar-refractivity contribution in [2.75, 3.05) is 6.54 Å². The molecule has 0 spiro atoms. The number of benzene rings is 1. The zero-order valence-electron chi connectivity index (χ0n) is 14.6. The Balaban J connectivity index is 3.05. The molecular weight excluding hydrogens is 347 g/mol. The lowest BCUT2D eigenvalue weighted by molar-refractivity contribution is -0.141. The van der Waals surface area contributed by atoms with E-state index in [0.29, 0.717) is 36.0 Å². The smallest absolute Gasteiger partial charge is 0.242 e. The van der Waals surface area contributed by atoms with Crippen LogP contribution in [0.15, 0.2) is 18.2 Å². The summed E-state index contributed by atoms with van der Waals surface area (Å²) in [6, 6.07) is 4.69. The van der Waals surface area contributed by atoms with E-state index in [4.69, 9.17) is 23.2 Å². The van der Waals surface area contributed by atoms with Crippen LogP contribution in [0.4, 0.5) is 0 Å². The SMILES string of the molecule is CCCNC(=O)[C@@H](CC)N(Cc1ccc(Cl)cc1Cl)C(=O)CCC. The second kappa shape index (κ2) is 10.6. The molecule has 0 saturated heterocycles. The average Bonchev–Trinajstić information content (AvgIpc) is 2.54. The molecule has 134 valence electrons. The van der Waals surface area contributed by atoms with Crippen molar-refractivity contribution in [3.05, 3.63) is 33.8 Å². The minimum atomic E-state index is -0.498. The van der Waals surface area contributed by atoms with Crippen molar-refractivity contribution in [2.45, 2.75) is 59.0 Å². The molecule has 24 heavy (non-hydrogen) atoms. The summed E-state index contributed by atoms with van der Waals surface area (Å²) in [5, 5.41) is 3.93. The van der Waals surface area contributed by atoms with Crippen molar-refractivity contribution < 1.29 is 9.59 Å². The van der Waals surface area contributed by atoms with Crippen molar-refractivity contribution in [3.63, 3.8) is 0 Å². The van der Waals surface area contributed by atoms with E-state index in [1.54, 1.807) is 23.1 Å². The second-order valence-electron chi connectivity index (χ2n) is 5.72. The Bertz CT molecular complexity index is 564. The molecule has 0 saturated carbocycles. The van der Waals surface area contributed by atoms with Gasteiger partial charge in [-0.25, -0.2) is 0 Å². The van der Waals surface area contributed by atoms with E-state index < -0.39 is 6.04 Å². The van der Waals surface area contributed by atoms with Crippen molar-refractivity contribution in [1.82, 2.24) is 10.2 Å². The maximum Gasteiger partial charge on any atom is 0.242 e. The van der Waals surface area contributed by atoms with Gasteiger partial charge in [0.25, 0.3) is 0 Å². The zero-order chi connectivity index (χ0) is 18.1. The van der Waals surface area contributed by atoms with Crippen LogP contribution >= 0.6 is 23.2 Å². The van der Waals surface area contributed by atoms with Crippen molar-refractivity contribution in [2.24, 2.45) is 0 Å². The summed E-state index contributed by atoms with van der Waals surface area (Å²) in [5.41, 5.74) is 0.785. The minimum absolute atomic E-state index is 0.0398. The minimum Gasteiger partial charge on any atom is -0.354 e. The third kappa shape index (κ3) is 5.99. The fourth-order valence-corrected chi connectivity index (χ4v) is 2.94. The number of carbonyl (C=O) groups excluding carboxylic acids is 2. The van der Waals surface area contributed by atoms with Gasteiger partial charge in [0, 0.05) is 29.6 Å². The highest BCUT2D eigenvalue weighted by atomic mass is 35.5. The highest BCUT2D eigenvalue weighted by molar-refractivity contribution is 6.35. The van der Waals surface area contributed by atoms with Gasteiger partial charge in [-0.2, -0.15) is 0 Å².